The van der Waals surface area contributed by atoms with Crippen LogP contribution in [-0.2, 0) is 17.6 Å². The van der Waals surface area contributed by atoms with Gasteiger partial charge in [-0.3, -0.25) is 14.5 Å². The Kier molecular flexibility index (Phi) is 6.48. The van der Waals surface area contributed by atoms with Crippen LogP contribution in [0.3, 0.4) is 0 Å². The van der Waals surface area contributed by atoms with Crippen molar-refractivity contribution < 1.29 is 23.9 Å². The third kappa shape index (κ3) is 4.45. The van der Waals surface area contributed by atoms with Crippen LogP contribution in [0.4, 0.5) is 0 Å². The minimum Gasteiger partial charge on any atom is -0.493 e. The second-order valence-corrected chi connectivity index (χ2v) is 8.88. The van der Waals surface area contributed by atoms with E-state index in [2.05, 4.69) is 4.98 Å². The molecule has 3 aromatic carbocycles. The third-order valence-electron chi connectivity index (χ3n) is 6.32. The maximum absolute atomic E-state index is 12.8. The summed E-state index contributed by atoms with van der Waals surface area (Å²) in [4.78, 5) is 41.9. The lowest BCUT2D eigenvalue weighted by Crippen LogP contribution is -2.32. The van der Waals surface area contributed by atoms with E-state index in [4.69, 9.17) is 21.1 Å². The highest BCUT2D eigenvalue weighted by molar-refractivity contribution is 6.31. The molecular formula is C28H23ClN2O5. The van der Waals surface area contributed by atoms with Gasteiger partial charge >= 0.3 is 5.97 Å². The van der Waals surface area contributed by atoms with Crippen molar-refractivity contribution in [3.05, 3.63) is 99.7 Å². The van der Waals surface area contributed by atoms with Gasteiger partial charge in [0, 0.05) is 41.0 Å². The van der Waals surface area contributed by atoms with E-state index in [1.165, 1.54) is 12.0 Å². The zero-order valence-corrected chi connectivity index (χ0v) is 20.3. The molecule has 0 saturated carbocycles. The molecule has 182 valence electrons. The molecule has 1 aromatic heterocycles. The second kappa shape index (κ2) is 9.87. The first-order chi connectivity index (χ1) is 17.5. The molecular weight excluding hydrogens is 480 g/mol. The van der Waals surface area contributed by atoms with E-state index in [9.17, 15) is 14.4 Å². The molecule has 1 aliphatic heterocycles. The zero-order chi connectivity index (χ0) is 25.2. The summed E-state index contributed by atoms with van der Waals surface area (Å²) in [6.45, 7) is 0.646. The predicted molar refractivity (Wildman–Crippen MR) is 136 cm³/mol. The van der Waals surface area contributed by atoms with Crippen LogP contribution in [0.15, 0.2) is 66.7 Å². The lowest BCUT2D eigenvalue weighted by molar-refractivity contribution is 0.0598. The Morgan fingerprint density at radius 2 is 1.64 bits per heavy atom. The Bertz CT molecular complexity index is 1440. The number of ether oxygens (including phenoxy) is 2. The lowest BCUT2D eigenvalue weighted by atomic mass is 10.1. The van der Waals surface area contributed by atoms with Gasteiger partial charge in [-0.1, -0.05) is 23.7 Å². The molecule has 0 saturated heterocycles. The summed E-state index contributed by atoms with van der Waals surface area (Å²) < 4.78 is 10.6. The number of fused-ring (bicyclic) bond motifs is 2. The Labute approximate surface area is 212 Å². The molecule has 0 radical (unpaired) electrons. The fourth-order valence-electron chi connectivity index (χ4n) is 4.52. The summed E-state index contributed by atoms with van der Waals surface area (Å²) in [6, 6.07) is 19.3. The number of hydrogen-bond donors (Lipinski definition) is 1. The number of aromatic nitrogens is 1. The molecule has 0 spiro atoms. The second-order valence-electron chi connectivity index (χ2n) is 8.44. The molecule has 2 amide bonds. The van der Waals surface area contributed by atoms with Crippen molar-refractivity contribution in [2.45, 2.75) is 12.8 Å². The number of aromatic amines is 1. The van der Waals surface area contributed by atoms with Crippen LogP contribution in [-0.4, -0.2) is 47.9 Å². The molecule has 0 unspecified atom stereocenters. The first kappa shape index (κ1) is 23.6. The number of benzene rings is 3. The standard InChI is InChI=1S/C28H23ClN2O5/c1-35-28(34)17-6-9-19(10-7-17)36-15-13-20-23-16-18(29)8-11-24(23)30-25(20)12-14-31-26(32)21-4-2-3-5-22(21)27(31)33/h2-11,16,30H,12-15H2,1H3. The summed E-state index contributed by atoms with van der Waals surface area (Å²) in [6.07, 6.45) is 1.05. The molecule has 36 heavy (non-hydrogen) atoms. The summed E-state index contributed by atoms with van der Waals surface area (Å²) in [5, 5.41) is 1.60. The largest absolute Gasteiger partial charge is 0.493 e. The maximum atomic E-state index is 12.8. The molecule has 8 heteroatoms. The number of carbonyl (C=O) groups excluding carboxylic acids is 3. The molecule has 4 aromatic rings. The van der Waals surface area contributed by atoms with Gasteiger partial charge in [0.05, 0.1) is 30.4 Å². The van der Waals surface area contributed by atoms with Crippen LogP contribution in [0.2, 0.25) is 5.02 Å². The predicted octanol–water partition coefficient (Wildman–Crippen LogP) is 5.07. The topological polar surface area (TPSA) is 88.7 Å². The molecule has 0 atom stereocenters. The van der Waals surface area contributed by atoms with Crippen LogP contribution in [0.5, 0.6) is 5.75 Å². The molecule has 1 N–H and O–H groups in total. The van der Waals surface area contributed by atoms with Crippen molar-refractivity contribution in [1.82, 2.24) is 9.88 Å². The van der Waals surface area contributed by atoms with Crippen molar-refractivity contribution in [1.29, 1.82) is 0 Å². The van der Waals surface area contributed by atoms with Gasteiger partial charge in [-0.25, -0.2) is 4.79 Å². The number of H-pyrrole nitrogens is 1. The Morgan fingerprint density at radius 3 is 2.31 bits per heavy atom. The Morgan fingerprint density at radius 1 is 0.944 bits per heavy atom. The minimum absolute atomic E-state index is 0.260. The number of esters is 1. The van der Waals surface area contributed by atoms with E-state index < -0.39 is 5.97 Å². The number of nitrogens with zero attached hydrogens (tertiary/aromatic N) is 1. The van der Waals surface area contributed by atoms with Crippen LogP contribution in [0, 0.1) is 0 Å². The number of halogens is 1. The van der Waals surface area contributed by atoms with Gasteiger partial charge in [0.15, 0.2) is 0 Å². The van der Waals surface area contributed by atoms with Gasteiger partial charge in [-0.05, 0) is 60.2 Å². The van der Waals surface area contributed by atoms with Crippen molar-refractivity contribution in [2.75, 3.05) is 20.3 Å². The van der Waals surface area contributed by atoms with Gasteiger partial charge in [-0.2, -0.15) is 0 Å². The highest BCUT2D eigenvalue weighted by Crippen LogP contribution is 2.28. The van der Waals surface area contributed by atoms with Crippen molar-refractivity contribution in [3.8, 4) is 5.75 Å². The number of hydrogen-bond acceptors (Lipinski definition) is 5. The average molecular weight is 503 g/mol. The number of rotatable bonds is 8. The number of methoxy groups -OCH3 is 1. The van der Waals surface area contributed by atoms with Crippen LogP contribution in [0.1, 0.15) is 42.3 Å². The van der Waals surface area contributed by atoms with E-state index in [1.54, 1.807) is 48.5 Å². The highest BCUT2D eigenvalue weighted by atomic mass is 35.5. The van der Waals surface area contributed by atoms with Crippen molar-refractivity contribution in [2.24, 2.45) is 0 Å². The Hall–Kier alpha value is -4.10. The van der Waals surface area contributed by atoms with Gasteiger partial charge in [0.1, 0.15) is 5.75 Å². The summed E-state index contributed by atoms with van der Waals surface area (Å²) in [7, 11) is 1.34. The lowest BCUT2D eigenvalue weighted by Gasteiger charge is -2.14. The fourth-order valence-corrected chi connectivity index (χ4v) is 4.69. The van der Waals surface area contributed by atoms with Crippen LogP contribution >= 0.6 is 11.6 Å². The van der Waals surface area contributed by atoms with Crippen molar-refractivity contribution >= 4 is 40.3 Å². The first-order valence-electron chi connectivity index (χ1n) is 11.5. The monoisotopic (exact) mass is 502 g/mol. The zero-order valence-electron chi connectivity index (χ0n) is 19.5. The van der Waals surface area contributed by atoms with E-state index in [-0.39, 0.29) is 18.4 Å². The molecule has 0 aliphatic carbocycles. The molecule has 5 rings (SSSR count). The average Bonchev–Trinajstić information content (AvgIpc) is 3.36. The normalized spacial score (nSPS) is 12.8. The summed E-state index contributed by atoms with van der Waals surface area (Å²) in [5.74, 6) is -0.307. The molecule has 1 aliphatic rings. The first-order valence-corrected chi connectivity index (χ1v) is 11.9. The number of carbonyl (C=O) groups is 3. The molecule has 0 fully saturated rings. The van der Waals surface area contributed by atoms with Gasteiger partial charge in [-0.15, -0.1) is 0 Å². The van der Waals surface area contributed by atoms with E-state index in [0.29, 0.717) is 46.9 Å². The summed E-state index contributed by atoms with van der Waals surface area (Å²) in [5.41, 5.74) is 4.21. The molecule has 0 bridgehead atoms. The fraction of sp³-hybridized carbons (Fsp3) is 0.179. The SMILES string of the molecule is COC(=O)c1ccc(OCCc2c(CCN3C(=O)c4ccccc4C3=O)[nH]c3ccc(Cl)cc23)cc1. The van der Waals surface area contributed by atoms with Crippen LogP contribution in [0.25, 0.3) is 10.9 Å². The maximum Gasteiger partial charge on any atom is 0.337 e. The summed E-state index contributed by atoms with van der Waals surface area (Å²) >= 11 is 6.27. The smallest absolute Gasteiger partial charge is 0.337 e. The number of nitrogens with one attached hydrogen (secondary N) is 1. The quantitative estimate of drug-likeness (QED) is 0.268. The van der Waals surface area contributed by atoms with E-state index in [0.717, 1.165) is 22.2 Å². The number of amides is 2. The minimum atomic E-state index is -0.403. The van der Waals surface area contributed by atoms with Gasteiger partial charge in [0.25, 0.3) is 11.8 Å². The molecule has 2 heterocycles. The third-order valence-corrected chi connectivity index (χ3v) is 6.55. The van der Waals surface area contributed by atoms with E-state index >= 15 is 0 Å². The van der Waals surface area contributed by atoms with Gasteiger partial charge in [0.2, 0.25) is 0 Å². The van der Waals surface area contributed by atoms with E-state index in [1.807, 2.05) is 18.2 Å². The number of imide groups is 1. The van der Waals surface area contributed by atoms with Gasteiger partial charge < -0.3 is 14.5 Å². The molecule has 7 nitrogen and oxygen atoms in total. The highest BCUT2D eigenvalue weighted by Gasteiger charge is 2.34. The van der Waals surface area contributed by atoms with Crippen molar-refractivity contribution in [3.63, 3.8) is 0 Å². The van der Waals surface area contributed by atoms with Crippen LogP contribution < -0.4 is 4.74 Å². The Balaban J connectivity index is 1.32.